The van der Waals surface area contributed by atoms with Gasteiger partial charge < -0.3 is 14.4 Å². The zero-order chi connectivity index (χ0) is 17.8. The highest BCUT2D eigenvalue weighted by Crippen LogP contribution is 2.30. The molecule has 0 atom stereocenters. The summed E-state index contributed by atoms with van der Waals surface area (Å²) < 4.78 is 10.2. The molecule has 3 rings (SSSR count). The summed E-state index contributed by atoms with van der Waals surface area (Å²) in [6, 6.07) is 12.3. The molecule has 0 bridgehead atoms. The predicted octanol–water partition coefficient (Wildman–Crippen LogP) is 3.24. The Bertz CT molecular complexity index is 811. The standard InChI is InChI=1S/C20H19NO4/c1-3-12-25-17-7-4-14(5-8-17)19(22)21-11-10-15-13-16(20(23)24-2)6-9-18(15)21/h3-9,13H,1,10-12H2,2H3. The second-order valence-electron chi connectivity index (χ2n) is 5.67. The molecule has 0 saturated carbocycles. The molecule has 0 aromatic heterocycles. The fraction of sp³-hybridized carbons (Fsp3) is 0.200. The fourth-order valence-corrected chi connectivity index (χ4v) is 2.86. The van der Waals surface area contributed by atoms with Crippen molar-refractivity contribution in [1.29, 1.82) is 0 Å². The molecule has 0 saturated heterocycles. The molecular weight excluding hydrogens is 318 g/mol. The first-order valence-electron chi connectivity index (χ1n) is 8.01. The van der Waals surface area contributed by atoms with Crippen molar-refractivity contribution < 1.29 is 19.1 Å². The summed E-state index contributed by atoms with van der Waals surface area (Å²) in [6.07, 6.45) is 2.38. The molecule has 1 aliphatic heterocycles. The Balaban J connectivity index is 1.79. The van der Waals surface area contributed by atoms with E-state index in [9.17, 15) is 9.59 Å². The van der Waals surface area contributed by atoms with Gasteiger partial charge in [-0.25, -0.2) is 4.79 Å². The van der Waals surface area contributed by atoms with Gasteiger partial charge in [0.1, 0.15) is 12.4 Å². The van der Waals surface area contributed by atoms with Gasteiger partial charge in [-0.3, -0.25) is 4.79 Å². The largest absolute Gasteiger partial charge is 0.490 e. The van der Waals surface area contributed by atoms with Crippen LogP contribution in [0.4, 0.5) is 5.69 Å². The maximum absolute atomic E-state index is 12.8. The van der Waals surface area contributed by atoms with Crippen molar-refractivity contribution >= 4 is 17.6 Å². The number of benzene rings is 2. The van der Waals surface area contributed by atoms with E-state index in [0.717, 1.165) is 11.3 Å². The normalized spacial score (nSPS) is 12.4. The van der Waals surface area contributed by atoms with Gasteiger partial charge >= 0.3 is 5.97 Å². The number of carbonyl (C=O) groups excluding carboxylic acids is 2. The Morgan fingerprint density at radius 1 is 1.16 bits per heavy atom. The summed E-state index contributed by atoms with van der Waals surface area (Å²) >= 11 is 0. The Labute approximate surface area is 146 Å². The molecule has 5 nitrogen and oxygen atoms in total. The third-order valence-corrected chi connectivity index (χ3v) is 4.11. The zero-order valence-electron chi connectivity index (χ0n) is 14.0. The maximum Gasteiger partial charge on any atom is 0.337 e. The zero-order valence-corrected chi connectivity index (χ0v) is 14.0. The lowest BCUT2D eigenvalue weighted by Gasteiger charge is -2.18. The number of rotatable bonds is 5. The monoisotopic (exact) mass is 337 g/mol. The smallest absolute Gasteiger partial charge is 0.337 e. The molecule has 0 N–H and O–H groups in total. The van der Waals surface area contributed by atoms with Crippen LogP contribution in [0.25, 0.3) is 0 Å². The van der Waals surface area contributed by atoms with Crippen LogP contribution in [0.3, 0.4) is 0 Å². The summed E-state index contributed by atoms with van der Waals surface area (Å²) in [5, 5.41) is 0. The number of ether oxygens (including phenoxy) is 2. The number of methoxy groups -OCH3 is 1. The van der Waals surface area contributed by atoms with Gasteiger partial charge in [0.15, 0.2) is 0 Å². The molecule has 0 unspecified atom stereocenters. The van der Waals surface area contributed by atoms with E-state index in [2.05, 4.69) is 6.58 Å². The van der Waals surface area contributed by atoms with Crippen molar-refractivity contribution in [2.75, 3.05) is 25.2 Å². The van der Waals surface area contributed by atoms with Crippen LogP contribution in [0, 0.1) is 0 Å². The van der Waals surface area contributed by atoms with E-state index in [-0.39, 0.29) is 11.9 Å². The number of amides is 1. The van der Waals surface area contributed by atoms with Gasteiger partial charge in [-0.1, -0.05) is 12.7 Å². The van der Waals surface area contributed by atoms with Gasteiger partial charge in [0.05, 0.1) is 12.7 Å². The minimum Gasteiger partial charge on any atom is -0.490 e. The molecule has 1 amide bonds. The lowest BCUT2D eigenvalue weighted by molar-refractivity contribution is 0.0600. The van der Waals surface area contributed by atoms with Gasteiger partial charge in [-0.15, -0.1) is 0 Å². The van der Waals surface area contributed by atoms with E-state index < -0.39 is 0 Å². The molecule has 0 radical (unpaired) electrons. The van der Waals surface area contributed by atoms with E-state index >= 15 is 0 Å². The summed E-state index contributed by atoms with van der Waals surface area (Å²) in [4.78, 5) is 26.2. The van der Waals surface area contributed by atoms with E-state index in [1.54, 1.807) is 53.4 Å². The van der Waals surface area contributed by atoms with Gasteiger partial charge in [0.25, 0.3) is 5.91 Å². The van der Waals surface area contributed by atoms with Crippen LogP contribution < -0.4 is 9.64 Å². The Morgan fingerprint density at radius 3 is 2.56 bits per heavy atom. The SMILES string of the molecule is C=CCOc1ccc(C(=O)N2CCc3cc(C(=O)OC)ccc32)cc1. The molecule has 0 spiro atoms. The lowest BCUT2D eigenvalue weighted by atomic mass is 10.1. The van der Waals surface area contributed by atoms with Crippen LogP contribution in [0.2, 0.25) is 0 Å². The molecule has 2 aromatic carbocycles. The average molecular weight is 337 g/mol. The molecule has 0 aliphatic carbocycles. The Hall–Kier alpha value is -3.08. The summed E-state index contributed by atoms with van der Waals surface area (Å²) in [7, 11) is 1.35. The molecule has 1 heterocycles. The first-order valence-corrected chi connectivity index (χ1v) is 8.01. The van der Waals surface area contributed by atoms with Crippen molar-refractivity contribution in [2.24, 2.45) is 0 Å². The Kier molecular flexibility index (Phi) is 4.84. The third-order valence-electron chi connectivity index (χ3n) is 4.11. The second kappa shape index (κ2) is 7.21. The third kappa shape index (κ3) is 3.40. The second-order valence-corrected chi connectivity index (χ2v) is 5.67. The van der Waals surface area contributed by atoms with E-state index in [1.807, 2.05) is 0 Å². The predicted molar refractivity (Wildman–Crippen MR) is 95.3 cm³/mol. The van der Waals surface area contributed by atoms with Crippen molar-refractivity contribution in [3.63, 3.8) is 0 Å². The topological polar surface area (TPSA) is 55.8 Å². The summed E-state index contributed by atoms with van der Waals surface area (Å²) in [6.45, 7) is 4.62. The molecule has 128 valence electrons. The highest BCUT2D eigenvalue weighted by Gasteiger charge is 2.26. The number of anilines is 1. The molecule has 5 heteroatoms. The van der Waals surface area contributed by atoms with Crippen molar-refractivity contribution in [3.05, 3.63) is 71.8 Å². The van der Waals surface area contributed by atoms with Crippen molar-refractivity contribution in [1.82, 2.24) is 0 Å². The van der Waals surface area contributed by atoms with Crippen molar-refractivity contribution in [2.45, 2.75) is 6.42 Å². The Morgan fingerprint density at radius 2 is 1.88 bits per heavy atom. The quantitative estimate of drug-likeness (QED) is 0.621. The van der Waals surface area contributed by atoms with Gasteiger partial charge in [0.2, 0.25) is 0 Å². The average Bonchev–Trinajstić information content (AvgIpc) is 3.08. The molecule has 0 fully saturated rings. The summed E-state index contributed by atoms with van der Waals surface area (Å²) in [5.41, 5.74) is 2.90. The van der Waals surface area contributed by atoms with E-state index in [0.29, 0.717) is 36.4 Å². The van der Waals surface area contributed by atoms with E-state index in [1.165, 1.54) is 7.11 Å². The highest BCUT2D eigenvalue weighted by molar-refractivity contribution is 6.07. The molecular formula is C20H19NO4. The minimum absolute atomic E-state index is 0.0696. The van der Waals surface area contributed by atoms with Crippen LogP contribution in [-0.2, 0) is 11.2 Å². The van der Waals surface area contributed by atoms with Crippen LogP contribution in [0.15, 0.2) is 55.1 Å². The first kappa shape index (κ1) is 16.8. The first-order chi connectivity index (χ1) is 12.1. The van der Waals surface area contributed by atoms with Crippen molar-refractivity contribution in [3.8, 4) is 5.75 Å². The summed E-state index contributed by atoms with van der Waals surface area (Å²) in [5.74, 6) is 0.253. The van der Waals surface area contributed by atoms with E-state index in [4.69, 9.17) is 9.47 Å². The molecule has 25 heavy (non-hydrogen) atoms. The van der Waals surface area contributed by atoms with Gasteiger partial charge in [-0.05, 0) is 54.4 Å². The van der Waals surface area contributed by atoms with Gasteiger partial charge in [0, 0.05) is 17.8 Å². The molecule has 2 aromatic rings. The van der Waals surface area contributed by atoms with Crippen LogP contribution >= 0.6 is 0 Å². The van der Waals surface area contributed by atoms with Crippen LogP contribution in [0.1, 0.15) is 26.3 Å². The number of hydrogen-bond acceptors (Lipinski definition) is 4. The number of nitrogens with zero attached hydrogens (tertiary/aromatic N) is 1. The number of carbonyl (C=O) groups is 2. The van der Waals surface area contributed by atoms with Crippen LogP contribution in [0.5, 0.6) is 5.75 Å². The number of hydrogen-bond donors (Lipinski definition) is 0. The minimum atomic E-state index is -0.373. The van der Waals surface area contributed by atoms with Gasteiger partial charge in [-0.2, -0.15) is 0 Å². The lowest BCUT2D eigenvalue weighted by Crippen LogP contribution is -2.28. The fourth-order valence-electron chi connectivity index (χ4n) is 2.86. The number of esters is 1. The highest BCUT2D eigenvalue weighted by atomic mass is 16.5. The van der Waals surface area contributed by atoms with Crippen LogP contribution in [-0.4, -0.2) is 32.1 Å². The maximum atomic E-state index is 12.8. The number of fused-ring (bicyclic) bond motifs is 1. The molecule has 1 aliphatic rings.